The van der Waals surface area contributed by atoms with Gasteiger partial charge in [-0.3, -0.25) is 0 Å². The van der Waals surface area contributed by atoms with Crippen molar-refractivity contribution in [1.29, 1.82) is 0 Å². The summed E-state index contributed by atoms with van der Waals surface area (Å²) in [5, 5.41) is 0. The van der Waals surface area contributed by atoms with E-state index in [1.54, 1.807) is 11.3 Å². The van der Waals surface area contributed by atoms with Crippen LogP contribution in [0.15, 0.2) is 17.1 Å². The summed E-state index contributed by atoms with van der Waals surface area (Å²) >= 11 is 1.78. The predicted molar refractivity (Wildman–Crippen MR) is 67.3 cm³/mol. The molecule has 0 amide bonds. The summed E-state index contributed by atoms with van der Waals surface area (Å²) in [7, 11) is 0. The van der Waals surface area contributed by atoms with Gasteiger partial charge in [-0.1, -0.05) is 0 Å². The monoisotopic (exact) mass is 225 g/mol. The summed E-state index contributed by atoms with van der Waals surface area (Å²) in [4.78, 5) is 9.02. The van der Waals surface area contributed by atoms with Gasteiger partial charge in [-0.15, -0.1) is 11.3 Å². The van der Waals surface area contributed by atoms with Crippen LogP contribution >= 0.6 is 11.3 Å². The molecule has 0 aromatic carbocycles. The number of hydrogen-bond acceptors (Lipinski definition) is 2. The lowest BCUT2D eigenvalue weighted by Gasteiger charge is -2.19. The molecule has 0 unspecified atom stereocenters. The van der Waals surface area contributed by atoms with Gasteiger partial charge in [0, 0.05) is 22.8 Å². The summed E-state index contributed by atoms with van der Waals surface area (Å²) in [6.45, 7) is 8.79. The van der Waals surface area contributed by atoms with Crippen molar-refractivity contribution in [3.8, 4) is 0 Å². The molecule has 1 aromatic rings. The van der Waals surface area contributed by atoms with Crippen LogP contribution < -0.4 is 5.73 Å². The van der Waals surface area contributed by atoms with Gasteiger partial charge in [0.2, 0.25) is 0 Å². The van der Waals surface area contributed by atoms with E-state index in [2.05, 4.69) is 42.8 Å². The third kappa shape index (κ3) is 3.55. The minimum absolute atomic E-state index is 0.644. The number of guanidine groups is 1. The van der Waals surface area contributed by atoms with Crippen molar-refractivity contribution >= 4 is 17.3 Å². The Morgan fingerprint density at radius 2 is 2.07 bits per heavy atom. The van der Waals surface area contributed by atoms with Crippen LogP contribution in [-0.4, -0.2) is 23.9 Å². The first-order chi connectivity index (χ1) is 7.17. The highest BCUT2D eigenvalue weighted by atomic mass is 32.1. The van der Waals surface area contributed by atoms with Crippen LogP contribution in [0.25, 0.3) is 0 Å². The SMILES string of the molecule is CCN(CC)C(N)=NCc1ccc(C)s1. The Morgan fingerprint density at radius 1 is 1.40 bits per heavy atom. The summed E-state index contributed by atoms with van der Waals surface area (Å²) in [6.07, 6.45) is 0. The van der Waals surface area contributed by atoms with Gasteiger partial charge in [-0.05, 0) is 32.9 Å². The normalized spacial score (nSPS) is 11.8. The van der Waals surface area contributed by atoms with E-state index < -0.39 is 0 Å². The third-order valence-electron chi connectivity index (χ3n) is 2.28. The molecule has 2 N–H and O–H groups in total. The van der Waals surface area contributed by atoms with E-state index in [0.717, 1.165) is 13.1 Å². The van der Waals surface area contributed by atoms with Gasteiger partial charge in [0.05, 0.1) is 6.54 Å². The van der Waals surface area contributed by atoms with Gasteiger partial charge in [-0.2, -0.15) is 0 Å². The molecule has 0 saturated carbocycles. The van der Waals surface area contributed by atoms with E-state index >= 15 is 0 Å². The highest BCUT2D eigenvalue weighted by molar-refractivity contribution is 7.11. The molecule has 1 rings (SSSR count). The van der Waals surface area contributed by atoms with Gasteiger partial charge in [0.15, 0.2) is 5.96 Å². The molecule has 0 saturated heterocycles. The van der Waals surface area contributed by atoms with Crippen molar-refractivity contribution in [2.24, 2.45) is 10.7 Å². The number of aliphatic imine (C=N–C) groups is 1. The maximum atomic E-state index is 5.87. The van der Waals surface area contributed by atoms with Crippen molar-refractivity contribution in [2.45, 2.75) is 27.3 Å². The molecule has 0 aliphatic heterocycles. The van der Waals surface area contributed by atoms with E-state index in [4.69, 9.17) is 5.73 Å². The van der Waals surface area contributed by atoms with Gasteiger partial charge in [-0.25, -0.2) is 4.99 Å². The molecule has 0 spiro atoms. The Morgan fingerprint density at radius 3 is 2.53 bits per heavy atom. The number of hydrogen-bond donors (Lipinski definition) is 1. The van der Waals surface area contributed by atoms with E-state index in [-0.39, 0.29) is 0 Å². The van der Waals surface area contributed by atoms with Crippen LogP contribution in [-0.2, 0) is 6.54 Å². The van der Waals surface area contributed by atoms with Crippen LogP contribution in [0, 0.1) is 6.92 Å². The number of nitrogens with two attached hydrogens (primary N) is 1. The second-order valence-corrected chi connectivity index (χ2v) is 4.73. The van der Waals surface area contributed by atoms with Crippen molar-refractivity contribution in [3.63, 3.8) is 0 Å². The third-order valence-corrected chi connectivity index (χ3v) is 3.27. The zero-order chi connectivity index (χ0) is 11.3. The van der Waals surface area contributed by atoms with Crippen molar-refractivity contribution in [1.82, 2.24) is 4.90 Å². The van der Waals surface area contributed by atoms with Crippen molar-refractivity contribution in [2.75, 3.05) is 13.1 Å². The standard InChI is InChI=1S/C11H19N3S/c1-4-14(5-2)11(12)13-8-10-7-6-9(3)15-10/h6-7H,4-5,8H2,1-3H3,(H2,12,13). The van der Waals surface area contributed by atoms with E-state index in [1.807, 2.05) is 0 Å². The Labute approximate surface area is 95.6 Å². The Balaban J connectivity index is 2.56. The van der Waals surface area contributed by atoms with Crippen molar-refractivity contribution < 1.29 is 0 Å². The van der Waals surface area contributed by atoms with Crippen molar-refractivity contribution in [3.05, 3.63) is 21.9 Å². The van der Waals surface area contributed by atoms with Crippen LogP contribution in [0.4, 0.5) is 0 Å². The predicted octanol–water partition coefficient (Wildman–Crippen LogP) is 2.21. The quantitative estimate of drug-likeness (QED) is 0.630. The summed E-state index contributed by atoms with van der Waals surface area (Å²) in [5.41, 5.74) is 5.87. The molecule has 84 valence electrons. The topological polar surface area (TPSA) is 41.6 Å². The highest BCUT2D eigenvalue weighted by Crippen LogP contribution is 2.15. The minimum atomic E-state index is 0.644. The van der Waals surface area contributed by atoms with Crippen LogP contribution in [0.1, 0.15) is 23.6 Å². The second kappa shape index (κ2) is 5.75. The maximum absolute atomic E-state index is 5.87. The van der Waals surface area contributed by atoms with Gasteiger partial charge < -0.3 is 10.6 Å². The highest BCUT2D eigenvalue weighted by Gasteiger charge is 2.02. The molecule has 15 heavy (non-hydrogen) atoms. The first-order valence-corrected chi connectivity index (χ1v) is 6.09. The molecule has 1 aromatic heterocycles. The lowest BCUT2D eigenvalue weighted by atomic mass is 10.4. The summed E-state index contributed by atoms with van der Waals surface area (Å²) in [6, 6.07) is 4.22. The minimum Gasteiger partial charge on any atom is -0.370 e. The van der Waals surface area contributed by atoms with Crippen LogP contribution in [0.3, 0.4) is 0 Å². The van der Waals surface area contributed by atoms with E-state index in [0.29, 0.717) is 12.5 Å². The Kier molecular flexibility index (Phi) is 4.62. The summed E-state index contributed by atoms with van der Waals surface area (Å²) < 4.78 is 0. The Bertz CT molecular complexity index is 326. The fourth-order valence-electron chi connectivity index (χ4n) is 1.38. The molecule has 1 heterocycles. The van der Waals surface area contributed by atoms with Gasteiger partial charge in [0.1, 0.15) is 0 Å². The molecule has 0 fully saturated rings. The lowest BCUT2D eigenvalue weighted by Crippen LogP contribution is -2.36. The van der Waals surface area contributed by atoms with Crippen LogP contribution in [0.2, 0.25) is 0 Å². The largest absolute Gasteiger partial charge is 0.370 e. The van der Waals surface area contributed by atoms with Gasteiger partial charge in [0.25, 0.3) is 0 Å². The fourth-order valence-corrected chi connectivity index (χ4v) is 2.19. The zero-order valence-electron chi connectivity index (χ0n) is 9.66. The lowest BCUT2D eigenvalue weighted by molar-refractivity contribution is 0.458. The molecule has 4 heteroatoms. The zero-order valence-corrected chi connectivity index (χ0v) is 10.5. The molecule has 0 aliphatic rings. The fraction of sp³-hybridized carbons (Fsp3) is 0.545. The van der Waals surface area contributed by atoms with E-state index in [1.165, 1.54) is 9.75 Å². The smallest absolute Gasteiger partial charge is 0.191 e. The number of aryl methyl sites for hydroxylation is 1. The molecule has 0 bridgehead atoms. The average molecular weight is 225 g/mol. The number of thiophene rings is 1. The first-order valence-electron chi connectivity index (χ1n) is 5.27. The number of nitrogens with zero attached hydrogens (tertiary/aromatic N) is 2. The Hall–Kier alpha value is -1.03. The van der Waals surface area contributed by atoms with Gasteiger partial charge >= 0.3 is 0 Å². The second-order valence-electron chi connectivity index (χ2n) is 3.36. The molecular weight excluding hydrogens is 206 g/mol. The number of rotatable bonds is 4. The molecule has 0 atom stereocenters. The average Bonchev–Trinajstić information content (AvgIpc) is 2.63. The van der Waals surface area contributed by atoms with E-state index in [9.17, 15) is 0 Å². The maximum Gasteiger partial charge on any atom is 0.191 e. The van der Waals surface area contributed by atoms with Crippen LogP contribution in [0.5, 0.6) is 0 Å². The molecule has 0 radical (unpaired) electrons. The molecular formula is C11H19N3S. The first kappa shape index (κ1) is 12.0. The molecule has 0 aliphatic carbocycles. The summed E-state index contributed by atoms with van der Waals surface area (Å²) in [5.74, 6) is 0.644. The molecule has 3 nitrogen and oxygen atoms in total.